The molecular weight excluding hydrogens is 118 g/mol. The number of aliphatic hydroxyl groups is 1. The van der Waals surface area contributed by atoms with Gasteiger partial charge in [0.2, 0.25) is 0 Å². The van der Waals surface area contributed by atoms with Crippen LogP contribution in [-0.2, 0) is 4.74 Å². The lowest BCUT2D eigenvalue weighted by atomic mass is 10.4. The SMILES string of the molecule is COCCNCCCO. The summed E-state index contributed by atoms with van der Waals surface area (Å²) in [5.74, 6) is 0. The van der Waals surface area contributed by atoms with Crippen molar-refractivity contribution in [3.8, 4) is 0 Å². The molecule has 0 aromatic heterocycles. The predicted molar refractivity (Wildman–Crippen MR) is 36.4 cm³/mol. The van der Waals surface area contributed by atoms with Gasteiger partial charge in [0.25, 0.3) is 0 Å². The quantitative estimate of drug-likeness (QED) is 0.485. The van der Waals surface area contributed by atoms with E-state index in [1.807, 2.05) is 0 Å². The molecule has 0 saturated carbocycles. The van der Waals surface area contributed by atoms with Crippen molar-refractivity contribution in [2.24, 2.45) is 0 Å². The number of methoxy groups -OCH3 is 1. The van der Waals surface area contributed by atoms with Crippen molar-refractivity contribution >= 4 is 0 Å². The Kier molecular flexibility index (Phi) is 7.77. The normalized spacial score (nSPS) is 10.0. The van der Waals surface area contributed by atoms with E-state index in [1.54, 1.807) is 7.11 Å². The molecule has 0 unspecified atom stereocenters. The Morgan fingerprint density at radius 2 is 2.22 bits per heavy atom. The molecule has 0 bridgehead atoms. The lowest BCUT2D eigenvalue weighted by Crippen LogP contribution is -2.20. The van der Waals surface area contributed by atoms with Crippen molar-refractivity contribution in [2.75, 3.05) is 33.4 Å². The van der Waals surface area contributed by atoms with Crippen LogP contribution >= 0.6 is 0 Å². The minimum atomic E-state index is 0.264. The topological polar surface area (TPSA) is 41.5 Å². The van der Waals surface area contributed by atoms with Crippen LogP contribution in [0, 0.1) is 0 Å². The summed E-state index contributed by atoms with van der Waals surface area (Å²) in [6.07, 6.45) is 0.823. The van der Waals surface area contributed by atoms with E-state index in [0.29, 0.717) is 0 Å². The molecule has 0 aromatic rings. The van der Waals surface area contributed by atoms with Gasteiger partial charge in [0.15, 0.2) is 0 Å². The van der Waals surface area contributed by atoms with Gasteiger partial charge in [0, 0.05) is 20.3 Å². The monoisotopic (exact) mass is 133 g/mol. The maximum absolute atomic E-state index is 8.35. The maximum atomic E-state index is 8.35. The van der Waals surface area contributed by atoms with E-state index in [-0.39, 0.29) is 6.61 Å². The summed E-state index contributed by atoms with van der Waals surface area (Å²) in [4.78, 5) is 0. The molecule has 0 atom stereocenters. The Morgan fingerprint density at radius 3 is 2.78 bits per heavy atom. The van der Waals surface area contributed by atoms with Crippen LogP contribution < -0.4 is 5.32 Å². The van der Waals surface area contributed by atoms with Crippen LogP contribution in [0.3, 0.4) is 0 Å². The Labute approximate surface area is 56.0 Å². The van der Waals surface area contributed by atoms with Crippen molar-refractivity contribution in [3.63, 3.8) is 0 Å². The molecule has 0 aliphatic rings. The predicted octanol–water partition coefficient (Wildman–Crippen LogP) is -0.395. The zero-order valence-corrected chi connectivity index (χ0v) is 5.89. The fourth-order valence-electron chi connectivity index (χ4n) is 0.503. The second-order valence-electron chi connectivity index (χ2n) is 1.82. The van der Waals surface area contributed by atoms with Crippen LogP contribution in [0.1, 0.15) is 6.42 Å². The number of nitrogens with one attached hydrogen (secondary N) is 1. The van der Waals surface area contributed by atoms with Crippen molar-refractivity contribution in [1.29, 1.82) is 0 Å². The van der Waals surface area contributed by atoms with Gasteiger partial charge >= 0.3 is 0 Å². The zero-order valence-electron chi connectivity index (χ0n) is 5.89. The third-order valence-corrected chi connectivity index (χ3v) is 0.995. The summed E-state index contributed by atoms with van der Waals surface area (Å²) in [7, 11) is 1.67. The van der Waals surface area contributed by atoms with Crippen LogP contribution in [0.25, 0.3) is 0 Å². The molecule has 0 saturated heterocycles. The summed E-state index contributed by atoms with van der Waals surface area (Å²) in [6, 6.07) is 0. The average Bonchev–Trinajstić information content (AvgIpc) is 1.89. The zero-order chi connectivity index (χ0) is 6.95. The number of rotatable bonds is 6. The first kappa shape index (κ1) is 8.88. The smallest absolute Gasteiger partial charge is 0.0587 e. The third-order valence-electron chi connectivity index (χ3n) is 0.995. The second-order valence-corrected chi connectivity index (χ2v) is 1.82. The summed E-state index contributed by atoms with van der Waals surface area (Å²) < 4.78 is 4.80. The van der Waals surface area contributed by atoms with E-state index in [0.717, 1.165) is 26.1 Å². The Bertz CT molecular complexity index is 44.3. The summed E-state index contributed by atoms with van der Waals surface area (Å²) in [6.45, 7) is 2.75. The largest absolute Gasteiger partial charge is 0.396 e. The van der Waals surface area contributed by atoms with E-state index in [2.05, 4.69) is 5.32 Å². The second kappa shape index (κ2) is 7.88. The number of ether oxygens (including phenoxy) is 1. The Hall–Kier alpha value is -0.120. The van der Waals surface area contributed by atoms with Crippen molar-refractivity contribution in [2.45, 2.75) is 6.42 Å². The maximum Gasteiger partial charge on any atom is 0.0587 e. The average molecular weight is 133 g/mol. The van der Waals surface area contributed by atoms with Gasteiger partial charge in [-0.2, -0.15) is 0 Å². The molecule has 0 rings (SSSR count). The van der Waals surface area contributed by atoms with E-state index < -0.39 is 0 Å². The lowest BCUT2D eigenvalue weighted by Gasteiger charge is -2.00. The molecule has 3 nitrogen and oxygen atoms in total. The van der Waals surface area contributed by atoms with Crippen LogP contribution in [0.2, 0.25) is 0 Å². The van der Waals surface area contributed by atoms with Crippen molar-refractivity contribution in [1.82, 2.24) is 5.32 Å². The van der Waals surface area contributed by atoms with Gasteiger partial charge in [0.05, 0.1) is 6.61 Å². The minimum absolute atomic E-state index is 0.264. The highest BCUT2D eigenvalue weighted by molar-refractivity contribution is 4.44. The number of aliphatic hydroxyl groups excluding tert-OH is 1. The molecule has 0 radical (unpaired) electrons. The van der Waals surface area contributed by atoms with Crippen molar-refractivity contribution < 1.29 is 9.84 Å². The van der Waals surface area contributed by atoms with E-state index in [1.165, 1.54) is 0 Å². The van der Waals surface area contributed by atoms with E-state index >= 15 is 0 Å². The molecule has 0 fully saturated rings. The summed E-state index contributed by atoms with van der Waals surface area (Å²) >= 11 is 0. The molecule has 3 heteroatoms. The van der Waals surface area contributed by atoms with Gasteiger partial charge in [0.1, 0.15) is 0 Å². The molecule has 0 aliphatic carbocycles. The first-order valence-electron chi connectivity index (χ1n) is 3.22. The molecule has 56 valence electrons. The van der Waals surface area contributed by atoms with Crippen LogP contribution in [0.5, 0.6) is 0 Å². The first-order valence-corrected chi connectivity index (χ1v) is 3.22. The highest BCUT2D eigenvalue weighted by atomic mass is 16.5. The molecule has 0 amide bonds. The fraction of sp³-hybridized carbons (Fsp3) is 1.00. The summed E-state index contributed by atoms with van der Waals surface area (Å²) in [5.41, 5.74) is 0. The summed E-state index contributed by atoms with van der Waals surface area (Å²) in [5, 5.41) is 11.5. The van der Waals surface area contributed by atoms with Gasteiger partial charge in [-0.1, -0.05) is 0 Å². The fourth-order valence-corrected chi connectivity index (χ4v) is 0.503. The van der Waals surface area contributed by atoms with Crippen LogP contribution in [-0.4, -0.2) is 38.5 Å². The Morgan fingerprint density at radius 1 is 1.44 bits per heavy atom. The van der Waals surface area contributed by atoms with Gasteiger partial charge in [-0.05, 0) is 13.0 Å². The van der Waals surface area contributed by atoms with Gasteiger partial charge < -0.3 is 15.2 Å². The van der Waals surface area contributed by atoms with Gasteiger partial charge in [-0.25, -0.2) is 0 Å². The van der Waals surface area contributed by atoms with Crippen LogP contribution in [0.4, 0.5) is 0 Å². The molecule has 0 heterocycles. The lowest BCUT2D eigenvalue weighted by molar-refractivity contribution is 0.198. The highest BCUT2D eigenvalue weighted by Crippen LogP contribution is 1.70. The minimum Gasteiger partial charge on any atom is -0.396 e. The van der Waals surface area contributed by atoms with E-state index in [4.69, 9.17) is 9.84 Å². The van der Waals surface area contributed by atoms with Gasteiger partial charge in [-0.3, -0.25) is 0 Å². The first-order chi connectivity index (χ1) is 4.41. The standard InChI is InChI=1S/C6H15NO2/c1-9-6-4-7-3-2-5-8/h7-8H,2-6H2,1H3. The van der Waals surface area contributed by atoms with E-state index in [9.17, 15) is 0 Å². The third kappa shape index (κ3) is 7.88. The Balaban J connectivity index is 2.60. The number of hydrogen-bond donors (Lipinski definition) is 2. The molecule has 2 N–H and O–H groups in total. The van der Waals surface area contributed by atoms with Crippen LogP contribution in [0.15, 0.2) is 0 Å². The van der Waals surface area contributed by atoms with Gasteiger partial charge in [-0.15, -0.1) is 0 Å². The molecule has 0 aromatic carbocycles. The molecule has 9 heavy (non-hydrogen) atoms. The highest BCUT2D eigenvalue weighted by Gasteiger charge is 1.83. The molecule has 0 aliphatic heterocycles. The molecular formula is C6H15NO2. The van der Waals surface area contributed by atoms with Crippen molar-refractivity contribution in [3.05, 3.63) is 0 Å². The molecule has 0 spiro atoms. The number of hydrogen-bond acceptors (Lipinski definition) is 3.